The van der Waals surface area contributed by atoms with E-state index in [2.05, 4.69) is 4.18 Å². The maximum atomic E-state index is 12.4. The van der Waals surface area contributed by atoms with E-state index in [0.717, 1.165) is 5.56 Å². The highest BCUT2D eigenvalue weighted by Crippen LogP contribution is 2.36. The van der Waals surface area contributed by atoms with Crippen molar-refractivity contribution in [1.29, 1.82) is 0 Å². The monoisotopic (exact) mass is 350 g/mol. The fourth-order valence-electron chi connectivity index (χ4n) is 2.29. The summed E-state index contributed by atoms with van der Waals surface area (Å²) < 4.78 is 69.3. The van der Waals surface area contributed by atoms with Crippen LogP contribution in [-0.2, 0) is 25.6 Å². The number of ether oxygens (including phenoxy) is 1. The molecule has 0 saturated heterocycles. The zero-order chi connectivity index (χ0) is 17.1. The Labute approximate surface area is 133 Å². The van der Waals surface area contributed by atoms with E-state index in [1.165, 1.54) is 6.08 Å². The number of rotatable bonds is 6. The lowest BCUT2D eigenvalue weighted by molar-refractivity contribution is -0.0531. The second-order valence-electron chi connectivity index (χ2n) is 5.41. The van der Waals surface area contributed by atoms with Gasteiger partial charge in [-0.15, -0.1) is 0 Å². The van der Waals surface area contributed by atoms with E-state index in [1.807, 2.05) is 37.3 Å². The highest BCUT2D eigenvalue weighted by molar-refractivity contribution is 7.87. The van der Waals surface area contributed by atoms with Crippen LogP contribution in [0.25, 0.3) is 0 Å². The molecule has 2 unspecified atom stereocenters. The normalized spacial score (nSPS) is 22.0. The highest BCUT2D eigenvalue weighted by atomic mass is 32.2. The minimum atomic E-state index is -5.64. The van der Waals surface area contributed by atoms with Gasteiger partial charge in [0.05, 0.1) is 13.2 Å². The predicted octanol–water partition coefficient (Wildman–Crippen LogP) is 3.61. The average Bonchev–Trinajstić information content (AvgIpc) is 2.79. The first-order valence-corrected chi connectivity index (χ1v) is 8.44. The molecule has 1 aliphatic rings. The van der Waals surface area contributed by atoms with Crippen LogP contribution in [0.4, 0.5) is 13.2 Å². The van der Waals surface area contributed by atoms with Crippen molar-refractivity contribution in [2.75, 3.05) is 6.61 Å². The molecule has 0 amide bonds. The second-order valence-corrected chi connectivity index (χ2v) is 6.95. The van der Waals surface area contributed by atoms with Crippen molar-refractivity contribution < 1.29 is 30.5 Å². The molecule has 0 radical (unpaired) electrons. The van der Waals surface area contributed by atoms with Crippen LogP contribution in [0.3, 0.4) is 0 Å². The lowest BCUT2D eigenvalue weighted by atomic mass is 9.98. The fourth-order valence-corrected chi connectivity index (χ4v) is 2.83. The Morgan fingerprint density at radius 1 is 1.22 bits per heavy atom. The molecule has 1 aromatic rings. The number of alkyl halides is 3. The Bertz CT molecular complexity index is 653. The van der Waals surface area contributed by atoms with Crippen molar-refractivity contribution in [3.05, 3.63) is 47.7 Å². The number of hydrogen-bond donors (Lipinski definition) is 0. The smallest absolute Gasteiger partial charge is 0.381 e. The summed E-state index contributed by atoms with van der Waals surface area (Å²) in [5, 5.41) is 0. The van der Waals surface area contributed by atoms with E-state index < -0.39 is 21.5 Å². The molecule has 23 heavy (non-hydrogen) atoms. The first kappa shape index (κ1) is 17.8. The topological polar surface area (TPSA) is 52.6 Å². The predicted molar refractivity (Wildman–Crippen MR) is 77.5 cm³/mol. The molecular weight excluding hydrogens is 333 g/mol. The second kappa shape index (κ2) is 6.92. The molecule has 1 aliphatic carbocycles. The summed E-state index contributed by atoms with van der Waals surface area (Å²) in [7, 11) is -5.64. The van der Waals surface area contributed by atoms with Crippen molar-refractivity contribution in [3.8, 4) is 0 Å². The third-order valence-corrected chi connectivity index (χ3v) is 4.62. The SMILES string of the molecule is CC1CC=C(OS(=O)(=O)C(F)(F)F)C1COCc1ccccc1. The Kier molecular flexibility index (Phi) is 5.36. The van der Waals surface area contributed by atoms with Gasteiger partial charge in [-0.3, -0.25) is 0 Å². The van der Waals surface area contributed by atoms with Gasteiger partial charge in [0.2, 0.25) is 0 Å². The molecule has 0 bridgehead atoms. The number of hydrogen-bond acceptors (Lipinski definition) is 4. The first-order valence-electron chi connectivity index (χ1n) is 7.03. The molecule has 1 aromatic carbocycles. The lowest BCUT2D eigenvalue weighted by Gasteiger charge is -2.20. The fraction of sp³-hybridized carbons (Fsp3) is 0.467. The molecule has 0 heterocycles. The van der Waals surface area contributed by atoms with E-state index in [0.29, 0.717) is 13.0 Å². The Hall–Kier alpha value is -1.54. The minimum absolute atomic E-state index is 0.0517. The van der Waals surface area contributed by atoms with Gasteiger partial charge in [0.1, 0.15) is 5.76 Å². The third kappa shape index (κ3) is 4.48. The van der Waals surface area contributed by atoms with Gasteiger partial charge in [-0.1, -0.05) is 37.3 Å². The first-order chi connectivity index (χ1) is 10.7. The van der Waals surface area contributed by atoms with E-state index in [4.69, 9.17) is 4.74 Å². The quantitative estimate of drug-likeness (QED) is 0.581. The van der Waals surface area contributed by atoms with Gasteiger partial charge in [-0.05, 0) is 24.0 Å². The van der Waals surface area contributed by atoms with Crippen molar-refractivity contribution in [2.24, 2.45) is 11.8 Å². The van der Waals surface area contributed by atoms with Gasteiger partial charge < -0.3 is 8.92 Å². The zero-order valence-electron chi connectivity index (χ0n) is 12.4. The maximum absolute atomic E-state index is 12.4. The van der Waals surface area contributed by atoms with E-state index >= 15 is 0 Å². The average molecular weight is 350 g/mol. The van der Waals surface area contributed by atoms with Gasteiger partial charge in [-0.2, -0.15) is 21.6 Å². The molecule has 0 aliphatic heterocycles. The molecule has 0 saturated carbocycles. The van der Waals surface area contributed by atoms with Crippen LogP contribution in [0.15, 0.2) is 42.2 Å². The van der Waals surface area contributed by atoms with Crippen LogP contribution in [0.5, 0.6) is 0 Å². The summed E-state index contributed by atoms with van der Waals surface area (Å²) in [5.41, 5.74) is -4.51. The standard InChI is InChI=1S/C15H17F3O4S/c1-11-7-8-14(22-23(19,20)15(16,17)18)13(11)10-21-9-12-5-3-2-4-6-12/h2-6,8,11,13H,7,9-10H2,1H3. The molecule has 0 fully saturated rings. The summed E-state index contributed by atoms with van der Waals surface area (Å²) in [4.78, 5) is 0. The summed E-state index contributed by atoms with van der Waals surface area (Å²) >= 11 is 0. The van der Waals surface area contributed by atoms with Gasteiger partial charge in [-0.25, -0.2) is 0 Å². The Morgan fingerprint density at radius 3 is 2.48 bits per heavy atom. The Morgan fingerprint density at radius 2 is 1.87 bits per heavy atom. The molecule has 8 heteroatoms. The van der Waals surface area contributed by atoms with Gasteiger partial charge in [0, 0.05) is 5.92 Å². The Balaban J connectivity index is 1.96. The van der Waals surface area contributed by atoms with Gasteiger partial charge in [0.15, 0.2) is 0 Å². The largest absolute Gasteiger partial charge is 0.534 e. The molecule has 128 valence electrons. The molecule has 0 N–H and O–H groups in total. The molecule has 4 nitrogen and oxygen atoms in total. The van der Waals surface area contributed by atoms with Crippen LogP contribution < -0.4 is 0 Å². The van der Waals surface area contributed by atoms with Crippen LogP contribution in [0, 0.1) is 11.8 Å². The van der Waals surface area contributed by atoms with Crippen molar-refractivity contribution in [1.82, 2.24) is 0 Å². The molecule has 0 aromatic heterocycles. The minimum Gasteiger partial charge on any atom is -0.381 e. The van der Waals surface area contributed by atoms with Crippen molar-refractivity contribution in [3.63, 3.8) is 0 Å². The van der Waals surface area contributed by atoms with Crippen molar-refractivity contribution in [2.45, 2.75) is 25.5 Å². The maximum Gasteiger partial charge on any atom is 0.534 e. The third-order valence-electron chi connectivity index (χ3n) is 3.64. The van der Waals surface area contributed by atoms with E-state index in [1.54, 1.807) is 0 Å². The molecule has 2 atom stereocenters. The molecular formula is C15H17F3O4S. The van der Waals surface area contributed by atoms with Crippen LogP contribution in [0.2, 0.25) is 0 Å². The number of halogens is 3. The summed E-state index contributed by atoms with van der Waals surface area (Å²) in [6.07, 6.45) is 1.83. The molecule has 2 rings (SSSR count). The van der Waals surface area contributed by atoms with Crippen LogP contribution >= 0.6 is 0 Å². The highest BCUT2D eigenvalue weighted by Gasteiger charge is 2.50. The number of benzene rings is 1. The lowest BCUT2D eigenvalue weighted by Crippen LogP contribution is -2.27. The van der Waals surface area contributed by atoms with E-state index in [9.17, 15) is 21.6 Å². The number of allylic oxidation sites excluding steroid dienone is 1. The van der Waals surface area contributed by atoms with Crippen LogP contribution in [-0.4, -0.2) is 20.5 Å². The van der Waals surface area contributed by atoms with Crippen molar-refractivity contribution >= 4 is 10.1 Å². The summed E-state index contributed by atoms with van der Waals surface area (Å²) in [5.74, 6) is -0.761. The van der Waals surface area contributed by atoms with Gasteiger partial charge in [0.25, 0.3) is 0 Å². The zero-order valence-corrected chi connectivity index (χ0v) is 13.2. The summed E-state index contributed by atoms with van der Waals surface area (Å²) in [6.45, 7) is 2.20. The molecule has 0 spiro atoms. The van der Waals surface area contributed by atoms with Gasteiger partial charge >= 0.3 is 15.6 Å². The van der Waals surface area contributed by atoms with E-state index in [-0.39, 0.29) is 18.3 Å². The summed E-state index contributed by atoms with van der Waals surface area (Å²) in [6, 6.07) is 9.28. The van der Waals surface area contributed by atoms with Crippen LogP contribution in [0.1, 0.15) is 18.9 Å².